The molecule has 35 heavy (non-hydrogen) atoms. The topological polar surface area (TPSA) is 87.1 Å². The number of Topliss-reactive ketones (excluding diaryl/α,β-unsaturated/α-hetero) is 3. The molecule has 0 saturated heterocycles. The smallest absolute Gasteiger partial charge is 0.384 e. The Morgan fingerprint density at radius 1 is 1.17 bits per heavy atom. The molecule has 1 heterocycles. The molecule has 0 saturated carbocycles. The predicted molar refractivity (Wildman–Crippen MR) is 129 cm³/mol. The van der Waals surface area contributed by atoms with Gasteiger partial charge in [0.15, 0.2) is 17.3 Å². The molecule has 0 amide bonds. The molecule has 1 atom stereocenters. The van der Waals surface area contributed by atoms with E-state index < -0.39 is 23.7 Å². The summed E-state index contributed by atoms with van der Waals surface area (Å²) in [6.07, 6.45) is 0.579. The third-order valence-corrected chi connectivity index (χ3v) is 6.59. The molecular formula is C27H31F3N2O3. The fourth-order valence-electron chi connectivity index (χ4n) is 4.61. The van der Waals surface area contributed by atoms with Crippen LogP contribution in [0.3, 0.4) is 0 Å². The van der Waals surface area contributed by atoms with Gasteiger partial charge in [0.05, 0.1) is 11.6 Å². The van der Waals surface area contributed by atoms with E-state index in [1.807, 2.05) is 31.2 Å². The fourth-order valence-corrected chi connectivity index (χ4v) is 4.61. The second kappa shape index (κ2) is 11.6. The molecule has 5 nitrogen and oxygen atoms in total. The van der Waals surface area contributed by atoms with Crippen molar-refractivity contribution in [3.8, 4) is 0 Å². The number of allylic oxidation sites excluding steroid dienone is 4. The zero-order valence-electron chi connectivity index (χ0n) is 19.9. The maximum atomic E-state index is 13.3. The van der Waals surface area contributed by atoms with Gasteiger partial charge in [-0.1, -0.05) is 31.2 Å². The number of ketones is 3. The molecule has 1 aliphatic heterocycles. The van der Waals surface area contributed by atoms with Gasteiger partial charge < -0.3 is 10.7 Å². The van der Waals surface area contributed by atoms with Crippen LogP contribution in [0, 0.1) is 11.3 Å². The van der Waals surface area contributed by atoms with Crippen molar-refractivity contribution in [2.45, 2.75) is 70.9 Å². The summed E-state index contributed by atoms with van der Waals surface area (Å²) >= 11 is 0. The van der Waals surface area contributed by atoms with Crippen molar-refractivity contribution < 1.29 is 27.6 Å². The van der Waals surface area contributed by atoms with E-state index >= 15 is 0 Å². The molecule has 0 fully saturated rings. The summed E-state index contributed by atoms with van der Waals surface area (Å²) in [4.78, 5) is 37.1. The highest BCUT2D eigenvalue weighted by atomic mass is 19.4. The summed E-state index contributed by atoms with van der Waals surface area (Å²) in [7, 11) is 0. The van der Waals surface area contributed by atoms with Gasteiger partial charge in [-0.25, -0.2) is 0 Å². The van der Waals surface area contributed by atoms with Crippen LogP contribution < -0.4 is 5.32 Å². The fraction of sp³-hybridized carbons (Fsp3) is 0.481. The van der Waals surface area contributed by atoms with Gasteiger partial charge >= 0.3 is 6.18 Å². The number of nitrogens with one attached hydrogen (secondary N) is 2. The number of carbonyl (C=O) groups is 3. The number of halogens is 3. The summed E-state index contributed by atoms with van der Waals surface area (Å²) in [5.74, 6) is -2.85. The molecule has 0 unspecified atom stereocenters. The Labute approximate surface area is 203 Å². The van der Waals surface area contributed by atoms with Crippen molar-refractivity contribution >= 4 is 28.7 Å². The lowest BCUT2D eigenvalue weighted by molar-refractivity contribution is -0.169. The maximum absolute atomic E-state index is 13.3. The lowest BCUT2D eigenvalue weighted by Gasteiger charge is -2.25. The molecular weight excluding hydrogens is 457 g/mol. The van der Waals surface area contributed by atoms with Crippen LogP contribution in [0.2, 0.25) is 0 Å². The van der Waals surface area contributed by atoms with Crippen molar-refractivity contribution in [2.75, 3.05) is 11.9 Å². The summed E-state index contributed by atoms with van der Waals surface area (Å²) in [6, 6.07) is 5.58. The number of hydrogen-bond acceptors (Lipinski definition) is 5. The van der Waals surface area contributed by atoms with Crippen LogP contribution in [0.4, 0.5) is 18.9 Å². The Bertz CT molecular complexity index is 1070. The van der Waals surface area contributed by atoms with Crippen LogP contribution in [0.25, 0.3) is 0 Å². The summed E-state index contributed by atoms with van der Waals surface area (Å²) in [5.41, 5.74) is 2.97. The van der Waals surface area contributed by atoms with Gasteiger partial charge in [0, 0.05) is 43.5 Å². The molecule has 2 N–H and O–H groups in total. The van der Waals surface area contributed by atoms with Crippen LogP contribution in [-0.2, 0) is 27.2 Å². The zero-order valence-corrected chi connectivity index (χ0v) is 19.9. The van der Waals surface area contributed by atoms with Crippen LogP contribution >= 0.6 is 0 Å². The quantitative estimate of drug-likeness (QED) is 0.458. The predicted octanol–water partition coefficient (Wildman–Crippen LogP) is 5.72. The third kappa shape index (κ3) is 6.99. The highest BCUT2D eigenvalue weighted by molar-refractivity contribution is 6.39. The first-order chi connectivity index (χ1) is 16.6. The van der Waals surface area contributed by atoms with E-state index in [0.717, 1.165) is 22.4 Å². The molecule has 0 spiro atoms. The lowest BCUT2D eigenvalue weighted by atomic mass is 9.83. The largest absolute Gasteiger partial charge is 0.395 e. The second-order valence-electron chi connectivity index (χ2n) is 9.06. The van der Waals surface area contributed by atoms with E-state index in [1.165, 1.54) is 6.08 Å². The molecule has 0 radical (unpaired) electrons. The Hall–Kier alpha value is -3.03. The van der Waals surface area contributed by atoms with E-state index in [4.69, 9.17) is 5.41 Å². The van der Waals surface area contributed by atoms with Crippen LogP contribution in [0.5, 0.6) is 0 Å². The minimum absolute atomic E-state index is 0.0669. The first-order valence-electron chi connectivity index (χ1n) is 12.1. The number of benzene rings is 1. The van der Waals surface area contributed by atoms with Gasteiger partial charge in [0.2, 0.25) is 0 Å². The monoisotopic (exact) mass is 488 g/mol. The van der Waals surface area contributed by atoms with E-state index in [-0.39, 0.29) is 42.8 Å². The van der Waals surface area contributed by atoms with E-state index in [2.05, 4.69) is 5.32 Å². The van der Waals surface area contributed by atoms with Gasteiger partial charge in [-0.05, 0) is 54.9 Å². The zero-order chi connectivity index (χ0) is 25.6. The molecule has 1 aliphatic carbocycles. The molecule has 3 rings (SSSR count). The average Bonchev–Trinajstić information content (AvgIpc) is 2.90. The number of rotatable bonds is 8. The van der Waals surface area contributed by atoms with Gasteiger partial charge in [0.25, 0.3) is 0 Å². The SMILES string of the molecule is CC/C1=C\Cc2cc(CC(=N)C(=O)CCC(=O)C3=CCCC[C@@H]3C(F)(F)F)ccc2NCCC1=O. The standard InChI is InChI=1S/C27H31F3N2O3/c1-2-18-8-9-19-15-17(7-10-23(19)32-14-13-24(18)33)16-22(31)26(35)12-11-25(34)20-5-3-4-6-21(20)27(28,29)30/h5,7-8,10,15,21,31-32H,2-4,6,9,11-14,16H2,1H3/b18-8+,31-22?/t21-/m0/s1. The van der Waals surface area contributed by atoms with Crippen molar-refractivity contribution in [3.05, 3.63) is 52.6 Å². The molecule has 188 valence electrons. The molecule has 0 bridgehead atoms. The van der Waals surface area contributed by atoms with Gasteiger partial charge in [0.1, 0.15) is 0 Å². The number of carbonyl (C=O) groups excluding carboxylic acids is 3. The van der Waals surface area contributed by atoms with Gasteiger partial charge in [-0.2, -0.15) is 13.2 Å². The minimum Gasteiger partial charge on any atom is -0.384 e. The van der Waals surface area contributed by atoms with Crippen LogP contribution in [0.1, 0.15) is 63.0 Å². The number of hydrogen-bond donors (Lipinski definition) is 2. The summed E-state index contributed by atoms with van der Waals surface area (Å²) in [5, 5.41) is 11.4. The van der Waals surface area contributed by atoms with Gasteiger partial charge in [-0.15, -0.1) is 0 Å². The first-order valence-corrected chi connectivity index (χ1v) is 12.1. The maximum Gasteiger partial charge on any atom is 0.395 e. The number of alkyl halides is 3. The Morgan fingerprint density at radius 3 is 2.66 bits per heavy atom. The molecule has 2 aliphatic rings. The van der Waals surface area contributed by atoms with Crippen molar-refractivity contribution in [3.63, 3.8) is 0 Å². The molecule has 8 heteroatoms. The van der Waals surface area contributed by atoms with E-state index in [9.17, 15) is 27.6 Å². The van der Waals surface area contributed by atoms with Gasteiger partial charge in [-0.3, -0.25) is 14.4 Å². The Balaban J connectivity index is 1.62. The normalized spacial score (nSPS) is 20.2. The Kier molecular flexibility index (Phi) is 8.81. The summed E-state index contributed by atoms with van der Waals surface area (Å²) < 4.78 is 39.8. The van der Waals surface area contributed by atoms with Crippen LogP contribution in [-0.4, -0.2) is 35.8 Å². The van der Waals surface area contributed by atoms with Crippen molar-refractivity contribution in [1.82, 2.24) is 0 Å². The van der Waals surface area contributed by atoms with Crippen molar-refractivity contribution in [1.29, 1.82) is 5.41 Å². The van der Waals surface area contributed by atoms with E-state index in [0.29, 0.717) is 38.6 Å². The molecule has 1 aromatic rings. The second-order valence-corrected chi connectivity index (χ2v) is 9.06. The highest BCUT2D eigenvalue weighted by Gasteiger charge is 2.44. The number of fused-ring (bicyclic) bond motifs is 1. The molecule has 0 aromatic heterocycles. The highest BCUT2D eigenvalue weighted by Crippen LogP contribution is 2.39. The van der Waals surface area contributed by atoms with Crippen molar-refractivity contribution in [2.24, 2.45) is 5.92 Å². The Morgan fingerprint density at radius 2 is 1.94 bits per heavy atom. The lowest BCUT2D eigenvalue weighted by Crippen LogP contribution is -2.30. The average molecular weight is 489 g/mol. The van der Waals surface area contributed by atoms with E-state index in [1.54, 1.807) is 0 Å². The first kappa shape index (κ1) is 26.6. The minimum atomic E-state index is -4.47. The number of anilines is 1. The third-order valence-electron chi connectivity index (χ3n) is 6.59. The van der Waals surface area contributed by atoms with Crippen LogP contribution in [0.15, 0.2) is 41.5 Å². The molecule has 1 aromatic carbocycles. The summed E-state index contributed by atoms with van der Waals surface area (Å²) in [6.45, 7) is 2.47.